The SMILES string of the molecule is CCCN(Cc1ccc(C)c(C)c1C)c1c2c(nn1C)N(c1c(C)cc(C)cc1Cl)CCC2.O=C(O)C(F)(F)F. The van der Waals surface area contributed by atoms with Gasteiger partial charge in [0.2, 0.25) is 0 Å². The van der Waals surface area contributed by atoms with Gasteiger partial charge in [-0.1, -0.05) is 36.7 Å². The first-order valence-electron chi connectivity index (χ1n) is 13.4. The summed E-state index contributed by atoms with van der Waals surface area (Å²) >= 11 is 6.76. The van der Waals surface area contributed by atoms with Crippen LogP contribution in [0, 0.1) is 34.6 Å². The number of nitrogens with zero attached hydrogens (tertiary/aromatic N) is 4. The van der Waals surface area contributed by atoms with Crippen LogP contribution in [0.1, 0.15) is 58.7 Å². The average Bonchev–Trinajstić information content (AvgIpc) is 3.19. The molecule has 1 aromatic heterocycles. The monoisotopic (exact) mass is 578 g/mol. The van der Waals surface area contributed by atoms with E-state index in [1.54, 1.807) is 0 Å². The molecule has 0 aliphatic carbocycles. The number of rotatable bonds is 6. The summed E-state index contributed by atoms with van der Waals surface area (Å²) in [5, 5.41) is 13.0. The third-order valence-corrected chi connectivity index (χ3v) is 7.68. The number of aromatic nitrogens is 2. The minimum atomic E-state index is -5.08. The molecule has 2 heterocycles. The van der Waals surface area contributed by atoms with Crippen molar-refractivity contribution in [2.45, 2.75) is 73.5 Å². The van der Waals surface area contributed by atoms with Crippen molar-refractivity contribution in [2.24, 2.45) is 7.05 Å². The number of aliphatic carboxylic acids is 1. The Morgan fingerprint density at radius 1 is 1.10 bits per heavy atom. The Morgan fingerprint density at radius 3 is 2.33 bits per heavy atom. The zero-order valence-corrected chi connectivity index (χ0v) is 25.0. The van der Waals surface area contributed by atoms with Crippen LogP contribution < -0.4 is 9.80 Å². The molecule has 0 saturated carbocycles. The van der Waals surface area contributed by atoms with Crippen LogP contribution in [0.3, 0.4) is 0 Å². The van der Waals surface area contributed by atoms with E-state index in [0.717, 1.165) is 55.4 Å². The van der Waals surface area contributed by atoms with Gasteiger partial charge in [0, 0.05) is 32.2 Å². The maximum absolute atomic E-state index is 10.6. The highest BCUT2D eigenvalue weighted by atomic mass is 35.5. The van der Waals surface area contributed by atoms with Crippen LogP contribution in [0.4, 0.5) is 30.5 Å². The van der Waals surface area contributed by atoms with Crippen molar-refractivity contribution in [1.82, 2.24) is 9.78 Å². The quantitative estimate of drug-likeness (QED) is 0.324. The standard InChI is InChI=1S/C28H37ClN4.C2HF3O2/c1-8-13-32(17-23-12-11-19(3)21(5)22(23)6)28-24-10-9-14-33(27(24)30-31(28)7)26-20(4)15-18(2)16-25(26)29;3-2(4,5)1(6)7/h11-12,15-16H,8-10,13-14,17H2,1-7H3;(H,6,7). The smallest absolute Gasteiger partial charge is 0.475 e. The maximum atomic E-state index is 10.6. The van der Waals surface area contributed by atoms with Gasteiger partial charge in [0.15, 0.2) is 5.82 Å². The minimum Gasteiger partial charge on any atom is -0.475 e. The molecule has 0 atom stereocenters. The topological polar surface area (TPSA) is 61.6 Å². The molecular weight excluding hydrogens is 541 g/mol. The number of hydrogen-bond donors (Lipinski definition) is 1. The summed E-state index contributed by atoms with van der Waals surface area (Å²) in [6, 6.07) is 8.83. The lowest BCUT2D eigenvalue weighted by Crippen LogP contribution is -2.29. The van der Waals surface area contributed by atoms with Crippen molar-refractivity contribution in [1.29, 1.82) is 0 Å². The summed E-state index contributed by atoms with van der Waals surface area (Å²) in [5.41, 5.74) is 10.4. The van der Waals surface area contributed by atoms with Gasteiger partial charge in [-0.2, -0.15) is 18.3 Å². The number of benzene rings is 2. The summed E-state index contributed by atoms with van der Waals surface area (Å²) < 4.78 is 33.8. The molecule has 1 aliphatic heterocycles. The van der Waals surface area contributed by atoms with Crippen molar-refractivity contribution in [3.8, 4) is 0 Å². The number of hydrogen-bond acceptors (Lipinski definition) is 4. The fraction of sp³-hybridized carbons (Fsp3) is 0.467. The number of halogens is 4. The van der Waals surface area contributed by atoms with Crippen LogP contribution in [0.5, 0.6) is 0 Å². The number of carboxylic acids is 1. The molecule has 40 heavy (non-hydrogen) atoms. The predicted octanol–water partition coefficient (Wildman–Crippen LogP) is 7.75. The molecule has 0 spiro atoms. The van der Waals surface area contributed by atoms with Gasteiger partial charge in [-0.05, 0) is 93.3 Å². The van der Waals surface area contributed by atoms with E-state index in [0.29, 0.717) is 0 Å². The minimum absolute atomic E-state index is 0.809. The van der Waals surface area contributed by atoms with E-state index in [1.807, 2.05) is 0 Å². The Hall–Kier alpha value is -3.20. The number of aryl methyl sites for hydroxylation is 4. The molecule has 3 aromatic rings. The maximum Gasteiger partial charge on any atom is 0.490 e. The molecular formula is C30H38ClF3N4O2. The molecule has 1 N–H and O–H groups in total. The highest BCUT2D eigenvalue weighted by Crippen LogP contribution is 2.42. The van der Waals surface area contributed by atoms with Gasteiger partial charge < -0.3 is 14.9 Å². The zero-order valence-electron chi connectivity index (χ0n) is 24.2. The first-order valence-corrected chi connectivity index (χ1v) is 13.8. The van der Waals surface area contributed by atoms with Crippen molar-refractivity contribution in [3.63, 3.8) is 0 Å². The fourth-order valence-corrected chi connectivity index (χ4v) is 5.71. The Balaban J connectivity index is 0.000000559. The number of carboxylic acid groups (broad SMARTS) is 1. The summed E-state index contributed by atoms with van der Waals surface area (Å²) in [7, 11) is 2.09. The van der Waals surface area contributed by atoms with Gasteiger partial charge in [-0.25, -0.2) is 4.79 Å². The van der Waals surface area contributed by atoms with Crippen molar-refractivity contribution >= 4 is 34.9 Å². The molecule has 0 unspecified atom stereocenters. The number of alkyl halides is 3. The summed E-state index contributed by atoms with van der Waals surface area (Å²) in [6.45, 7) is 16.0. The molecule has 0 bridgehead atoms. The zero-order chi connectivity index (χ0) is 29.9. The van der Waals surface area contributed by atoms with Crippen LogP contribution in [0.25, 0.3) is 0 Å². The molecule has 218 valence electrons. The lowest BCUT2D eigenvalue weighted by molar-refractivity contribution is -0.192. The van der Waals surface area contributed by atoms with E-state index in [2.05, 4.69) is 87.3 Å². The molecule has 1 aliphatic rings. The normalized spacial score (nSPS) is 13.0. The molecule has 0 amide bonds. The summed E-state index contributed by atoms with van der Waals surface area (Å²) in [4.78, 5) is 13.8. The molecule has 0 saturated heterocycles. The summed E-state index contributed by atoms with van der Waals surface area (Å²) in [6.07, 6.45) is -1.85. The Labute approximate surface area is 239 Å². The predicted molar refractivity (Wildman–Crippen MR) is 155 cm³/mol. The van der Waals surface area contributed by atoms with Gasteiger partial charge in [-0.15, -0.1) is 0 Å². The van der Waals surface area contributed by atoms with Crippen LogP contribution in [0.15, 0.2) is 24.3 Å². The first kappa shape index (κ1) is 31.3. The molecule has 10 heteroatoms. The second-order valence-electron chi connectivity index (χ2n) is 10.4. The van der Waals surface area contributed by atoms with Gasteiger partial charge in [0.25, 0.3) is 0 Å². The lowest BCUT2D eigenvalue weighted by Gasteiger charge is -2.32. The number of fused-ring (bicyclic) bond motifs is 1. The average molecular weight is 579 g/mol. The highest BCUT2D eigenvalue weighted by Gasteiger charge is 2.38. The third-order valence-electron chi connectivity index (χ3n) is 7.39. The van der Waals surface area contributed by atoms with E-state index in [1.165, 1.54) is 44.8 Å². The van der Waals surface area contributed by atoms with E-state index in [4.69, 9.17) is 26.6 Å². The molecule has 0 fully saturated rings. The van der Waals surface area contributed by atoms with Crippen LogP contribution in [0.2, 0.25) is 5.02 Å². The Kier molecular flexibility index (Phi) is 9.82. The number of carbonyl (C=O) groups is 1. The first-order chi connectivity index (χ1) is 18.7. The Bertz CT molecular complexity index is 1360. The third kappa shape index (κ3) is 6.74. The van der Waals surface area contributed by atoms with E-state index >= 15 is 0 Å². The van der Waals surface area contributed by atoms with Gasteiger partial charge >= 0.3 is 12.1 Å². The van der Waals surface area contributed by atoms with Crippen LogP contribution >= 0.6 is 11.6 Å². The van der Waals surface area contributed by atoms with Crippen molar-refractivity contribution in [2.75, 3.05) is 22.9 Å². The molecule has 0 radical (unpaired) electrons. The second-order valence-corrected chi connectivity index (χ2v) is 10.8. The lowest BCUT2D eigenvalue weighted by atomic mass is 9.98. The van der Waals surface area contributed by atoms with Crippen LogP contribution in [-0.4, -0.2) is 40.1 Å². The summed E-state index contributed by atoms with van der Waals surface area (Å²) in [5.74, 6) is -0.451. The molecule has 6 nitrogen and oxygen atoms in total. The fourth-order valence-electron chi connectivity index (χ4n) is 5.29. The van der Waals surface area contributed by atoms with Crippen molar-refractivity contribution in [3.05, 3.63) is 68.2 Å². The van der Waals surface area contributed by atoms with Crippen LogP contribution in [-0.2, 0) is 24.8 Å². The van der Waals surface area contributed by atoms with E-state index in [9.17, 15) is 13.2 Å². The van der Waals surface area contributed by atoms with Crippen molar-refractivity contribution < 1.29 is 23.1 Å². The highest BCUT2D eigenvalue weighted by molar-refractivity contribution is 6.33. The largest absolute Gasteiger partial charge is 0.490 e. The van der Waals surface area contributed by atoms with Gasteiger partial charge in [0.1, 0.15) is 5.82 Å². The van der Waals surface area contributed by atoms with E-state index in [-0.39, 0.29) is 0 Å². The number of anilines is 3. The molecule has 4 rings (SSSR count). The molecule has 2 aromatic carbocycles. The second kappa shape index (κ2) is 12.5. The van der Waals surface area contributed by atoms with Gasteiger partial charge in [-0.3, -0.25) is 4.68 Å². The van der Waals surface area contributed by atoms with Gasteiger partial charge in [0.05, 0.1) is 10.7 Å². The Morgan fingerprint density at radius 2 is 1.75 bits per heavy atom. The van der Waals surface area contributed by atoms with E-state index < -0.39 is 12.1 Å².